The van der Waals surface area contributed by atoms with Crippen LogP contribution in [-0.4, -0.2) is 67.8 Å². The van der Waals surface area contributed by atoms with E-state index in [9.17, 15) is 0 Å². The van der Waals surface area contributed by atoms with Crippen molar-refractivity contribution in [1.29, 1.82) is 0 Å². The van der Waals surface area contributed by atoms with Crippen molar-refractivity contribution in [2.24, 2.45) is 0 Å². The van der Waals surface area contributed by atoms with Crippen molar-refractivity contribution in [1.82, 2.24) is 0 Å². The standard InChI is InChI=1S/C18H42O4S3Si2/c1-7-19-17(26-5,20-8-2)13-11-15-23-25-24-16-12-14-18(27-6,21-9-3)22-10-4/h7-16,26-27H2,1-6H3. The zero-order valence-electron chi connectivity index (χ0n) is 18.3. The van der Waals surface area contributed by atoms with Crippen molar-refractivity contribution >= 4 is 50.5 Å². The minimum atomic E-state index is -0.363. The Balaban J connectivity index is 3.90. The third-order valence-electron chi connectivity index (χ3n) is 4.37. The summed E-state index contributed by atoms with van der Waals surface area (Å²) in [7, 11) is 5.10. The summed E-state index contributed by atoms with van der Waals surface area (Å²) in [6, 6.07) is 0. The Morgan fingerprint density at radius 1 is 0.630 bits per heavy atom. The van der Waals surface area contributed by atoms with Gasteiger partial charge in [0.05, 0.1) is 19.0 Å². The van der Waals surface area contributed by atoms with Crippen LogP contribution in [0.3, 0.4) is 0 Å². The lowest BCUT2D eigenvalue weighted by Gasteiger charge is -2.32. The molecule has 164 valence electrons. The predicted molar refractivity (Wildman–Crippen MR) is 132 cm³/mol. The number of hydrogen-bond donors (Lipinski definition) is 0. The van der Waals surface area contributed by atoms with Crippen LogP contribution in [0.1, 0.15) is 53.4 Å². The van der Waals surface area contributed by atoms with Crippen molar-refractivity contribution in [2.45, 2.75) is 77.3 Å². The lowest BCUT2D eigenvalue weighted by molar-refractivity contribution is -0.179. The van der Waals surface area contributed by atoms with Crippen LogP contribution in [0.4, 0.5) is 0 Å². The van der Waals surface area contributed by atoms with Crippen molar-refractivity contribution < 1.29 is 18.9 Å². The second kappa shape index (κ2) is 18.1. The van der Waals surface area contributed by atoms with E-state index in [4.69, 9.17) is 18.9 Å². The van der Waals surface area contributed by atoms with E-state index in [0.29, 0.717) is 0 Å². The SMILES string of the molecule is CCOC(CCCSSSCCCC(OCC)(OCC)[SiH2]C)(OCC)[SiH2]C. The van der Waals surface area contributed by atoms with Crippen LogP contribution >= 0.6 is 31.4 Å². The van der Waals surface area contributed by atoms with Crippen LogP contribution in [0.5, 0.6) is 0 Å². The average molecular weight is 475 g/mol. The molecule has 0 saturated heterocycles. The van der Waals surface area contributed by atoms with Crippen molar-refractivity contribution in [2.75, 3.05) is 37.9 Å². The minimum Gasteiger partial charge on any atom is -0.355 e. The van der Waals surface area contributed by atoms with Gasteiger partial charge in [-0.05, 0) is 63.2 Å². The molecule has 0 aliphatic heterocycles. The Kier molecular flexibility index (Phi) is 19.0. The highest BCUT2D eigenvalue weighted by atomic mass is 33.5. The molecule has 0 radical (unpaired) electrons. The lowest BCUT2D eigenvalue weighted by Crippen LogP contribution is -2.41. The van der Waals surface area contributed by atoms with E-state index in [-0.39, 0.29) is 29.9 Å². The average Bonchev–Trinajstić information content (AvgIpc) is 2.67. The smallest absolute Gasteiger partial charge is 0.144 e. The molecule has 0 fully saturated rings. The van der Waals surface area contributed by atoms with Gasteiger partial charge in [0, 0.05) is 37.9 Å². The zero-order valence-corrected chi connectivity index (χ0v) is 23.6. The first-order valence-electron chi connectivity index (χ1n) is 10.5. The monoisotopic (exact) mass is 474 g/mol. The summed E-state index contributed by atoms with van der Waals surface area (Å²) in [5, 5.41) is 0. The highest BCUT2D eigenvalue weighted by Gasteiger charge is 2.29. The third kappa shape index (κ3) is 12.6. The summed E-state index contributed by atoms with van der Waals surface area (Å²) in [6.07, 6.45) is 4.36. The summed E-state index contributed by atoms with van der Waals surface area (Å²) in [4.78, 5) is 0. The van der Waals surface area contributed by atoms with Gasteiger partial charge in [-0.1, -0.05) is 34.7 Å². The van der Waals surface area contributed by atoms with E-state index in [0.717, 1.165) is 63.6 Å². The van der Waals surface area contributed by atoms with E-state index in [1.165, 1.54) is 0 Å². The van der Waals surface area contributed by atoms with Crippen LogP contribution in [0.25, 0.3) is 0 Å². The first-order valence-corrected chi connectivity index (χ1v) is 18.6. The van der Waals surface area contributed by atoms with Gasteiger partial charge in [-0.2, -0.15) is 0 Å². The van der Waals surface area contributed by atoms with E-state index in [1.54, 1.807) is 0 Å². The minimum absolute atomic E-state index is 0.242. The van der Waals surface area contributed by atoms with Gasteiger partial charge < -0.3 is 18.9 Å². The fourth-order valence-corrected chi connectivity index (χ4v) is 9.81. The van der Waals surface area contributed by atoms with Crippen LogP contribution < -0.4 is 0 Å². The van der Waals surface area contributed by atoms with Gasteiger partial charge in [-0.3, -0.25) is 0 Å². The molecule has 0 N–H and O–H groups in total. The molecule has 0 aliphatic carbocycles. The maximum absolute atomic E-state index is 5.96. The Hall–Kier alpha value is 1.32. The predicted octanol–water partition coefficient (Wildman–Crippen LogP) is 4.46. The molecule has 0 aromatic carbocycles. The van der Waals surface area contributed by atoms with Gasteiger partial charge >= 0.3 is 0 Å². The highest BCUT2D eigenvalue weighted by molar-refractivity contribution is 9.09. The van der Waals surface area contributed by atoms with E-state index in [2.05, 4.69) is 40.8 Å². The molecule has 27 heavy (non-hydrogen) atoms. The largest absolute Gasteiger partial charge is 0.355 e. The van der Waals surface area contributed by atoms with Gasteiger partial charge in [0.25, 0.3) is 0 Å². The lowest BCUT2D eigenvalue weighted by atomic mass is 10.3. The van der Waals surface area contributed by atoms with Gasteiger partial charge in [-0.15, -0.1) is 0 Å². The summed E-state index contributed by atoms with van der Waals surface area (Å²) in [6.45, 7) is 15.8. The van der Waals surface area contributed by atoms with Crippen LogP contribution in [-0.2, 0) is 18.9 Å². The van der Waals surface area contributed by atoms with Gasteiger partial charge in [0.1, 0.15) is 10.8 Å². The fraction of sp³-hybridized carbons (Fsp3) is 1.00. The molecular weight excluding hydrogens is 433 g/mol. The van der Waals surface area contributed by atoms with E-state index < -0.39 is 0 Å². The molecule has 0 bridgehead atoms. The van der Waals surface area contributed by atoms with Gasteiger partial charge in [-0.25, -0.2) is 0 Å². The van der Waals surface area contributed by atoms with Crippen LogP contribution in [0, 0.1) is 0 Å². The molecule has 0 amide bonds. The fourth-order valence-electron chi connectivity index (χ4n) is 3.09. The molecule has 0 saturated carbocycles. The number of rotatable bonds is 20. The van der Waals surface area contributed by atoms with Gasteiger partial charge in [0.2, 0.25) is 0 Å². The molecular formula is C18H42O4S3Si2. The topological polar surface area (TPSA) is 36.9 Å². The Bertz CT molecular complexity index is 300. The summed E-state index contributed by atoms with van der Waals surface area (Å²) in [5.41, 5.74) is -0.485. The first kappa shape index (κ1) is 28.3. The number of hydrogen-bond acceptors (Lipinski definition) is 7. The van der Waals surface area contributed by atoms with Crippen molar-refractivity contribution in [3.05, 3.63) is 0 Å². The summed E-state index contributed by atoms with van der Waals surface area (Å²) < 4.78 is 23.8. The Morgan fingerprint density at radius 2 is 0.963 bits per heavy atom. The second-order valence-corrected chi connectivity index (χ2v) is 14.2. The molecule has 9 heteroatoms. The van der Waals surface area contributed by atoms with E-state index >= 15 is 0 Å². The van der Waals surface area contributed by atoms with Crippen molar-refractivity contribution in [3.8, 4) is 0 Å². The molecule has 0 unspecified atom stereocenters. The summed E-state index contributed by atoms with van der Waals surface area (Å²) in [5.74, 6) is 2.30. The molecule has 0 aliphatic rings. The summed E-state index contributed by atoms with van der Waals surface area (Å²) >= 11 is 0. The Morgan fingerprint density at radius 3 is 1.22 bits per heavy atom. The maximum atomic E-state index is 5.96. The van der Waals surface area contributed by atoms with Crippen molar-refractivity contribution in [3.63, 3.8) is 0 Å². The molecule has 0 spiro atoms. The normalized spacial score (nSPS) is 13.6. The second-order valence-electron chi connectivity index (χ2n) is 6.18. The molecule has 0 heterocycles. The number of ether oxygens (including phenoxy) is 4. The van der Waals surface area contributed by atoms with Crippen LogP contribution in [0.2, 0.25) is 13.1 Å². The molecule has 0 atom stereocenters. The molecule has 0 aromatic heterocycles. The molecule has 0 rings (SSSR count). The van der Waals surface area contributed by atoms with Crippen LogP contribution in [0.15, 0.2) is 0 Å². The molecule has 0 aromatic rings. The zero-order chi connectivity index (χ0) is 20.4. The quantitative estimate of drug-likeness (QED) is 0.112. The maximum Gasteiger partial charge on any atom is 0.144 e. The van der Waals surface area contributed by atoms with Gasteiger partial charge in [0.15, 0.2) is 0 Å². The first-order chi connectivity index (χ1) is 13.1. The Labute approximate surface area is 184 Å². The van der Waals surface area contributed by atoms with E-state index in [1.807, 2.05) is 31.4 Å². The third-order valence-corrected chi connectivity index (χ3v) is 12.5. The highest BCUT2D eigenvalue weighted by Crippen LogP contribution is 2.36. The molecule has 4 nitrogen and oxygen atoms in total.